The van der Waals surface area contributed by atoms with Crippen molar-refractivity contribution in [3.8, 4) is 5.88 Å². The summed E-state index contributed by atoms with van der Waals surface area (Å²) in [6.07, 6.45) is -0.604. The van der Waals surface area contributed by atoms with Crippen LogP contribution in [0, 0.1) is 5.92 Å². The molecule has 1 saturated heterocycles. The third-order valence-electron chi connectivity index (χ3n) is 3.65. The van der Waals surface area contributed by atoms with Crippen LogP contribution in [0.25, 0.3) is 0 Å². The maximum absolute atomic E-state index is 12.1. The second kappa shape index (κ2) is 9.56. The van der Waals surface area contributed by atoms with E-state index in [9.17, 15) is 21.6 Å². The van der Waals surface area contributed by atoms with Crippen molar-refractivity contribution in [2.75, 3.05) is 26.2 Å². The monoisotopic (exact) mass is 403 g/mol. The van der Waals surface area contributed by atoms with Gasteiger partial charge in [0.25, 0.3) is 0 Å². The fourth-order valence-corrected chi connectivity index (χ4v) is 3.41. The van der Waals surface area contributed by atoms with Gasteiger partial charge in [0, 0.05) is 12.6 Å². The van der Waals surface area contributed by atoms with E-state index in [4.69, 9.17) is 0 Å². The molecule has 144 valence electrons. The van der Waals surface area contributed by atoms with Crippen LogP contribution in [0.5, 0.6) is 5.88 Å². The lowest BCUT2D eigenvalue weighted by Gasteiger charge is -2.22. The second-order valence-electron chi connectivity index (χ2n) is 5.63. The van der Waals surface area contributed by atoms with Crippen molar-refractivity contribution in [1.29, 1.82) is 0 Å². The van der Waals surface area contributed by atoms with Crippen LogP contribution in [0.1, 0.15) is 19.3 Å². The molecule has 1 fully saturated rings. The van der Waals surface area contributed by atoms with Gasteiger partial charge in [-0.2, -0.15) is 13.2 Å². The predicted molar refractivity (Wildman–Crippen MR) is 88.4 cm³/mol. The number of nitrogens with zero attached hydrogens (tertiary/aromatic N) is 1. The third kappa shape index (κ3) is 7.76. The summed E-state index contributed by atoms with van der Waals surface area (Å²) >= 11 is 0. The number of hydrogen-bond acceptors (Lipinski definition) is 5. The summed E-state index contributed by atoms with van der Waals surface area (Å²) in [4.78, 5) is 3.49. The van der Waals surface area contributed by atoms with Gasteiger partial charge in [-0.25, -0.2) is 18.1 Å². The Bertz CT molecular complexity index is 620. The molecule has 6 nitrogen and oxygen atoms in total. The molecular formula is C14H21ClF3N3O3S. The Balaban J connectivity index is 0.00000312. The minimum Gasteiger partial charge on any atom is -0.468 e. The lowest BCUT2D eigenvalue weighted by molar-refractivity contribution is -0.154. The molecule has 0 radical (unpaired) electrons. The molecule has 0 aliphatic carbocycles. The van der Waals surface area contributed by atoms with Crippen LogP contribution >= 0.6 is 12.4 Å². The van der Waals surface area contributed by atoms with Crippen LogP contribution in [0.15, 0.2) is 23.2 Å². The molecule has 0 bridgehead atoms. The van der Waals surface area contributed by atoms with Crippen LogP contribution in [0.3, 0.4) is 0 Å². The van der Waals surface area contributed by atoms with Gasteiger partial charge >= 0.3 is 6.18 Å². The van der Waals surface area contributed by atoms with Gasteiger partial charge in [0.15, 0.2) is 6.61 Å². The quantitative estimate of drug-likeness (QED) is 0.729. The Hall–Kier alpha value is -1.10. The molecule has 0 amide bonds. The van der Waals surface area contributed by atoms with Crippen molar-refractivity contribution in [1.82, 2.24) is 15.0 Å². The first-order valence-electron chi connectivity index (χ1n) is 7.62. The number of sulfonamides is 1. The molecule has 0 saturated carbocycles. The molecular weight excluding hydrogens is 383 g/mol. The molecule has 2 N–H and O–H groups in total. The van der Waals surface area contributed by atoms with Gasteiger partial charge < -0.3 is 10.1 Å². The summed E-state index contributed by atoms with van der Waals surface area (Å²) < 4.78 is 67.3. The van der Waals surface area contributed by atoms with E-state index in [1.54, 1.807) is 0 Å². The molecule has 1 aliphatic heterocycles. The second-order valence-corrected chi connectivity index (χ2v) is 7.40. The molecule has 2 heterocycles. The smallest absolute Gasteiger partial charge is 0.422 e. The van der Waals surface area contributed by atoms with Gasteiger partial charge in [0.05, 0.1) is 6.20 Å². The van der Waals surface area contributed by atoms with E-state index in [0.717, 1.165) is 44.6 Å². The molecule has 1 aromatic heterocycles. The highest BCUT2D eigenvalue weighted by Crippen LogP contribution is 2.18. The van der Waals surface area contributed by atoms with Crippen molar-refractivity contribution in [2.24, 2.45) is 5.92 Å². The maximum atomic E-state index is 12.1. The normalized spacial score (nSPS) is 18.4. The SMILES string of the molecule is Cl.O=S(=O)(NCCC1CCCNC1)c1ccc(OCC(F)(F)F)nc1. The van der Waals surface area contributed by atoms with Crippen molar-refractivity contribution in [2.45, 2.75) is 30.3 Å². The van der Waals surface area contributed by atoms with Gasteiger partial charge in [0.1, 0.15) is 4.90 Å². The van der Waals surface area contributed by atoms with E-state index < -0.39 is 22.8 Å². The average molecular weight is 404 g/mol. The Morgan fingerprint density at radius 2 is 2.12 bits per heavy atom. The zero-order chi connectivity index (χ0) is 17.6. The molecule has 2 rings (SSSR count). The van der Waals surface area contributed by atoms with E-state index in [-0.39, 0.29) is 23.2 Å². The lowest BCUT2D eigenvalue weighted by Crippen LogP contribution is -2.33. The van der Waals surface area contributed by atoms with E-state index >= 15 is 0 Å². The standard InChI is InChI=1S/C14H20F3N3O3S.ClH/c15-14(16,17)10-23-13-4-3-12(9-19-13)24(21,22)20-7-5-11-2-1-6-18-8-11;/h3-4,9,11,18,20H,1-2,5-8,10H2;1H. The highest BCUT2D eigenvalue weighted by molar-refractivity contribution is 7.89. The summed E-state index contributed by atoms with van der Waals surface area (Å²) in [7, 11) is -3.73. The maximum Gasteiger partial charge on any atom is 0.422 e. The van der Waals surface area contributed by atoms with Gasteiger partial charge in [0.2, 0.25) is 15.9 Å². The number of alkyl halides is 3. The molecule has 1 unspecified atom stereocenters. The summed E-state index contributed by atoms with van der Waals surface area (Å²) in [5.41, 5.74) is 0. The average Bonchev–Trinajstić information content (AvgIpc) is 2.53. The van der Waals surface area contributed by atoms with Crippen LogP contribution in [0.2, 0.25) is 0 Å². The van der Waals surface area contributed by atoms with E-state index in [1.807, 2.05) is 0 Å². The molecule has 1 aromatic rings. The molecule has 0 aromatic carbocycles. The number of piperidine rings is 1. The molecule has 1 aliphatic rings. The number of pyridine rings is 1. The molecule has 25 heavy (non-hydrogen) atoms. The molecule has 1 atom stereocenters. The summed E-state index contributed by atoms with van der Waals surface area (Å²) in [5.74, 6) is 0.164. The highest BCUT2D eigenvalue weighted by atomic mass is 35.5. The van der Waals surface area contributed by atoms with E-state index in [2.05, 4.69) is 19.8 Å². The first-order valence-corrected chi connectivity index (χ1v) is 9.10. The largest absolute Gasteiger partial charge is 0.468 e. The number of rotatable bonds is 7. The van der Waals surface area contributed by atoms with E-state index in [1.165, 1.54) is 6.07 Å². The Kier molecular flexibility index (Phi) is 8.39. The zero-order valence-electron chi connectivity index (χ0n) is 13.4. The summed E-state index contributed by atoms with van der Waals surface area (Å²) in [6, 6.07) is 2.27. The number of hydrogen-bond donors (Lipinski definition) is 2. The topological polar surface area (TPSA) is 80.3 Å². The predicted octanol–water partition coefficient (Wildman–Crippen LogP) is 2.11. The van der Waals surface area contributed by atoms with Gasteiger partial charge in [-0.15, -0.1) is 12.4 Å². The Morgan fingerprint density at radius 3 is 2.68 bits per heavy atom. The lowest BCUT2D eigenvalue weighted by atomic mass is 9.96. The van der Waals surface area contributed by atoms with Crippen LogP contribution in [-0.4, -0.2) is 45.8 Å². The fourth-order valence-electron chi connectivity index (χ4n) is 2.42. The zero-order valence-corrected chi connectivity index (χ0v) is 15.0. The molecule has 0 spiro atoms. The van der Waals surface area contributed by atoms with E-state index in [0.29, 0.717) is 12.5 Å². The first kappa shape index (κ1) is 21.9. The number of halogens is 4. The highest BCUT2D eigenvalue weighted by Gasteiger charge is 2.28. The van der Waals surface area contributed by atoms with Crippen LogP contribution in [0.4, 0.5) is 13.2 Å². The van der Waals surface area contributed by atoms with Crippen LogP contribution in [-0.2, 0) is 10.0 Å². The van der Waals surface area contributed by atoms with Gasteiger partial charge in [-0.05, 0) is 44.3 Å². The first-order chi connectivity index (χ1) is 11.3. The Morgan fingerprint density at radius 1 is 1.36 bits per heavy atom. The summed E-state index contributed by atoms with van der Waals surface area (Å²) in [6.45, 7) is 0.714. The Labute approximate surface area is 151 Å². The minimum absolute atomic E-state index is 0. The number of aromatic nitrogens is 1. The van der Waals surface area contributed by atoms with Gasteiger partial charge in [-0.1, -0.05) is 0 Å². The fraction of sp³-hybridized carbons (Fsp3) is 0.643. The third-order valence-corrected chi connectivity index (χ3v) is 5.09. The van der Waals surface area contributed by atoms with Crippen molar-refractivity contribution < 1.29 is 26.3 Å². The number of ether oxygens (including phenoxy) is 1. The van der Waals surface area contributed by atoms with Crippen molar-refractivity contribution in [3.63, 3.8) is 0 Å². The van der Waals surface area contributed by atoms with Crippen LogP contribution < -0.4 is 14.8 Å². The van der Waals surface area contributed by atoms with Gasteiger partial charge in [-0.3, -0.25) is 0 Å². The molecule has 11 heteroatoms. The minimum atomic E-state index is -4.47. The number of nitrogens with one attached hydrogen (secondary N) is 2. The van der Waals surface area contributed by atoms with Crippen molar-refractivity contribution >= 4 is 22.4 Å². The van der Waals surface area contributed by atoms with Crippen molar-refractivity contribution in [3.05, 3.63) is 18.3 Å². The summed E-state index contributed by atoms with van der Waals surface area (Å²) in [5, 5.41) is 3.26.